The fourth-order valence-corrected chi connectivity index (χ4v) is 3.04. The van der Waals surface area contributed by atoms with Gasteiger partial charge in [0.25, 0.3) is 5.56 Å². The van der Waals surface area contributed by atoms with Gasteiger partial charge in [-0.25, -0.2) is 9.37 Å². The van der Waals surface area contributed by atoms with E-state index in [-0.39, 0.29) is 24.5 Å². The molecular formula is C13H18ClFN4O4. The van der Waals surface area contributed by atoms with Crippen LogP contribution in [-0.2, 0) is 6.54 Å². The van der Waals surface area contributed by atoms with Gasteiger partial charge in [0.05, 0.1) is 42.7 Å². The molecule has 5 N–H and O–H groups in total. The first-order valence-corrected chi connectivity index (χ1v) is 6.90. The van der Waals surface area contributed by atoms with Gasteiger partial charge in [-0.3, -0.25) is 9.69 Å². The Kier molecular flexibility index (Phi) is 5.37. The van der Waals surface area contributed by atoms with E-state index in [1.807, 2.05) is 0 Å². The second kappa shape index (κ2) is 6.93. The average Bonchev–Trinajstić information content (AvgIpc) is 3.01. The summed E-state index contributed by atoms with van der Waals surface area (Å²) in [5, 5.41) is 29.2. The molecule has 0 unspecified atom stereocenters. The smallest absolute Gasteiger partial charge is 0.275 e. The van der Waals surface area contributed by atoms with Crippen molar-refractivity contribution in [1.29, 1.82) is 0 Å². The number of halogens is 2. The lowest BCUT2D eigenvalue weighted by Crippen LogP contribution is -2.41. The number of likely N-dealkylation sites (tertiary alicyclic amines) is 1. The zero-order valence-corrected chi connectivity index (χ0v) is 12.8. The quantitative estimate of drug-likeness (QED) is 0.478. The molecule has 0 bridgehead atoms. The molecule has 3 rings (SSSR count). The SMILES string of the molecule is Cl.O=c1[nH]cnc2c(CN3[C@@H](CO)[C@@H](O)[C@H](O)[C@@H]3CF)c[nH]c12. The highest BCUT2D eigenvalue weighted by molar-refractivity contribution is 5.85. The van der Waals surface area contributed by atoms with E-state index >= 15 is 0 Å². The first-order chi connectivity index (χ1) is 10.6. The average molecular weight is 349 g/mol. The first-order valence-electron chi connectivity index (χ1n) is 6.90. The molecule has 8 nitrogen and oxygen atoms in total. The zero-order chi connectivity index (χ0) is 15.9. The molecule has 4 atom stereocenters. The van der Waals surface area contributed by atoms with Crippen LogP contribution in [0.15, 0.2) is 17.3 Å². The molecule has 10 heteroatoms. The Bertz CT molecular complexity index is 707. The number of nitrogens with zero attached hydrogens (tertiary/aromatic N) is 2. The van der Waals surface area contributed by atoms with E-state index in [0.717, 1.165) is 0 Å². The minimum absolute atomic E-state index is 0. The molecule has 2 aromatic heterocycles. The van der Waals surface area contributed by atoms with Crippen LogP contribution in [0.25, 0.3) is 11.0 Å². The topological polar surface area (TPSA) is 125 Å². The molecular weight excluding hydrogens is 331 g/mol. The van der Waals surface area contributed by atoms with Crippen molar-refractivity contribution in [3.8, 4) is 0 Å². The Morgan fingerprint density at radius 2 is 1.96 bits per heavy atom. The minimum atomic E-state index is -1.27. The van der Waals surface area contributed by atoms with Crippen molar-refractivity contribution in [3.05, 3.63) is 28.4 Å². The van der Waals surface area contributed by atoms with E-state index in [2.05, 4.69) is 15.0 Å². The van der Waals surface area contributed by atoms with Crippen LogP contribution in [0.4, 0.5) is 4.39 Å². The molecule has 3 heterocycles. The van der Waals surface area contributed by atoms with E-state index in [1.54, 1.807) is 6.20 Å². The number of alkyl halides is 1. The van der Waals surface area contributed by atoms with Crippen LogP contribution in [0.1, 0.15) is 5.56 Å². The fourth-order valence-electron chi connectivity index (χ4n) is 3.04. The highest BCUT2D eigenvalue weighted by Gasteiger charge is 2.47. The predicted octanol–water partition coefficient (Wildman–Crippen LogP) is -1.09. The summed E-state index contributed by atoms with van der Waals surface area (Å²) in [5.41, 5.74) is 1.04. The Labute approximate surface area is 136 Å². The number of H-pyrrole nitrogens is 2. The number of aromatic amines is 2. The number of hydrogen-bond donors (Lipinski definition) is 5. The summed E-state index contributed by atoms with van der Waals surface area (Å²) in [5.74, 6) is 0. The zero-order valence-electron chi connectivity index (χ0n) is 12.0. The van der Waals surface area contributed by atoms with Crippen molar-refractivity contribution in [1.82, 2.24) is 19.9 Å². The van der Waals surface area contributed by atoms with Gasteiger partial charge in [-0.1, -0.05) is 0 Å². The number of hydrogen-bond acceptors (Lipinski definition) is 6. The molecule has 1 aliphatic heterocycles. The molecule has 23 heavy (non-hydrogen) atoms. The summed E-state index contributed by atoms with van der Waals surface area (Å²) >= 11 is 0. The molecule has 0 aliphatic carbocycles. The van der Waals surface area contributed by atoms with E-state index in [1.165, 1.54) is 11.2 Å². The van der Waals surface area contributed by atoms with Gasteiger partial charge in [-0.05, 0) is 0 Å². The highest BCUT2D eigenvalue weighted by Crippen LogP contribution is 2.28. The molecule has 1 saturated heterocycles. The number of aliphatic hydroxyl groups is 3. The maximum Gasteiger partial charge on any atom is 0.275 e. The van der Waals surface area contributed by atoms with Crippen LogP contribution < -0.4 is 5.56 Å². The summed E-state index contributed by atoms with van der Waals surface area (Å²) < 4.78 is 13.2. The van der Waals surface area contributed by atoms with Crippen molar-refractivity contribution in [2.24, 2.45) is 0 Å². The van der Waals surface area contributed by atoms with Crippen LogP contribution in [-0.4, -0.2) is 72.7 Å². The lowest BCUT2D eigenvalue weighted by molar-refractivity contribution is 0.0163. The Morgan fingerprint density at radius 3 is 2.61 bits per heavy atom. The van der Waals surface area contributed by atoms with Crippen molar-refractivity contribution in [3.63, 3.8) is 0 Å². The molecule has 2 aromatic rings. The lowest BCUT2D eigenvalue weighted by atomic mass is 10.1. The van der Waals surface area contributed by atoms with Gasteiger partial charge in [-0.15, -0.1) is 12.4 Å². The van der Waals surface area contributed by atoms with Crippen molar-refractivity contribution < 1.29 is 19.7 Å². The van der Waals surface area contributed by atoms with Gasteiger partial charge in [0, 0.05) is 18.3 Å². The number of aliphatic hydroxyl groups excluding tert-OH is 3. The van der Waals surface area contributed by atoms with Crippen LogP contribution in [0.5, 0.6) is 0 Å². The third-order valence-corrected chi connectivity index (χ3v) is 4.24. The molecule has 0 radical (unpaired) electrons. The lowest BCUT2D eigenvalue weighted by Gasteiger charge is -2.27. The maximum atomic E-state index is 13.2. The normalized spacial score (nSPS) is 28.2. The predicted molar refractivity (Wildman–Crippen MR) is 82.2 cm³/mol. The standard InChI is InChI=1S/C13H17FN4O4.ClH/c14-1-7-11(20)12(21)8(4-19)18(7)3-6-2-15-10-9(6)16-5-17-13(10)22;/h2,5,7-8,11-12,15,19-21H,1,3-4H2,(H,16,17,22);1H/t7-,8-,11+,12+;/m0./s1. The van der Waals surface area contributed by atoms with Gasteiger partial charge >= 0.3 is 0 Å². The Hall–Kier alpha value is -1.52. The van der Waals surface area contributed by atoms with E-state index in [4.69, 9.17) is 0 Å². The largest absolute Gasteiger partial charge is 0.395 e. The second-order valence-electron chi connectivity index (χ2n) is 5.39. The summed E-state index contributed by atoms with van der Waals surface area (Å²) in [6, 6.07) is -1.69. The molecule has 0 saturated carbocycles. The summed E-state index contributed by atoms with van der Waals surface area (Å²) in [7, 11) is 0. The van der Waals surface area contributed by atoms with Crippen LogP contribution in [0.2, 0.25) is 0 Å². The van der Waals surface area contributed by atoms with Crippen LogP contribution in [0, 0.1) is 0 Å². The van der Waals surface area contributed by atoms with Crippen LogP contribution in [0.3, 0.4) is 0 Å². The Balaban J connectivity index is 0.00000192. The number of fused-ring (bicyclic) bond motifs is 1. The fraction of sp³-hybridized carbons (Fsp3) is 0.538. The van der Waals surface area contributed by atoms with Gasteiger partial charge < -0.3 is 25.3 Å². The van der Waals surface area contributed by atoms with Crippen molar-refractivity contribution in [2.75, 3.05) is 13.3 Å². The van der Waals surface area contributed by atoms with Gasteiger partial charge in [0.1, 0.15) is 12.2 Å². The monoisotopic (exact) mass is 348 g/mol. The van der Waals surface area contributed by atoms with E-state index in [0.29, 0.717) is 16.6 Å². The summed E-state index contributed by atoms with van der Waals surface area (Å²) in [6.07, 6.45) is 0.343. The van der Waals surface area contributed by atoms with Gasteiger partial charge in [-0.2, -0.15) is 0 Å². The number of rotatable bonds is 4. The minimum Gasteiger partial charge on any atom is -0.395 e. The second-order valence-corrected chi connectivity index (χ2v) is 5.39. The number of nitrogens with one attached hydrogen (secondary N) is 2. The summed E-state index contributed by atoms with van der Waals surface area (Å²) in [6.45, 7) is -1.12. The molecule has 0 aromatic carbocycles. The molecule has 1 fully saturated rings. The van der Waals surface area contributed by atoms with Gasteiger partial charge in [0.2, 0.25) is 0 Å². The third kappa shape index (κ3) is 2.86. The summed E-state index contributed by atoms with van der Waals surface area (Å²) in [4.78, 5) is 22.5. The van der Waals surface area contributed by atoms with E-state index in [9.17, 15) is 24.5 Å². The van der Waals surface area contributed by atoms with Crippen molar-refractivity contribution in [2.45, 2.75) is 30.8 Å². The molecule has 0 spiro atoms. The van der Waals surface area contributed by atoms with E-state index < -0.39 is 37.6 Å². The van der Waals surface area contributed by atoms with Crippen LogP contribution >= 0.6 is 12.4 Å². The van der Waals surface area contributed by atoms with Crippen molar-refractivity contribution >= 4 is 23.4 Å². The third-order valence-electron chi connectivity index (χ3n) is 4.24. The highest BCUT2D eigenvalue weighted by atomic mass is 35.5. The van der Waals surface area contributed by atoms with Gasteiger partial charge in [0.15, 0.2) is 0 Å². The first kappa shape index (κ1) is 17.8. The number of aromatic nitrogens is 3. The molecule has 0 amide bonds. The molecule has 1 aliphatic rings. The molecule has 128 valence electrons. The maximum absolute atomic E-state index is 13.2. The Morgan fingerprint density at radius 1 is 1.26 bits per heavy atom.